The van der Waals surface area contributed by atoms with Crippen LogP contribution in [-0.4, -0.2) is 44.6 Å². The normalized spacial score (nSPS) is 8.44. The number of carbonyl (C=O) groups excluding carboxylic acids is 4. The van der Waals surface area contributed by atoms with Crippen LogP contribution in [0.3, 0.4) is 0 Å². The third-order valence-electron chi connectivity index (χ3n) is 3.80. The summed E-state index contributed by atoms with van der Waals surface area (Å²) < 4.78 is 9.75. The van der Waals surface area contributed by atoms with E-state index in [9.17, 15) is 14.4 Å². The summed E-state index contributed by atoms with van der Waals surface area (Å²) in [7, 11) is 1.38. The minimum absolute atomic E-state index is 0.217. The minimum Gasteiger partial charge on any atom is -0.445 e. The lowest BCUT2D eigenvalue weighted by Gasteiger charge is -2.07. The summed E-state index contributed by atoms with van der Waals surface area (Å²) in [5.74, 6) is 0. The molecule has 0 atom stereocenters. The van der Waals surface area contributed by atoms with Crippen LogP contribution >= 0.6 is 0 Å². The first-order chi connectivity index (χ1) is 18.7. The summed E-state index contributed by atoms with van der Waals surface area (Å²) >= 11 is 0. The monoisotopic (exact) mass is 538 g/mol. The van der Waals surface area contributed by atoms with Crippen LogP contribution in [0.15, 0.2) is 88.9 Å². The molecule has 0 radical (unpaired) electrons. The number of isocyanates is 2. The Balaban J connectivity index is 0. The van der Waals surface area contributed by atoms with E-state index in [-0.39, 0.29) is 13.2 Å². The molecule has 0 heterocycles. The quantitative estimate of drug-likeness (QED) is 0.224. The van der Waals surface area contributed by atoms with Crippen molar-refractivity contribution < 1.29 is 28.7 Å². The van der Waals surface area contributed by atoms with E-state index in [4.69, 9.17) is 14.3 Å². The number of nitrogens with one attached hydrogen (secondary N) is 2. The van der Waals surface area contributed by atoms with Gasteiger partial charge in [-0.05, 0) is 48.3 Å². The molecule has 2 amide bonds. The zero-order valence-electron chi connectivity index (χ0n) is 23.3. The number of nitrogens with zero attached hydrogens (tertiary/aromatic N) is 2. The Morgan fingerprint density at radius 1 is 0.821 bits per heavy atom. The highest BCUT2D eigenvalue weighted by Gasteiger charge is 2.02. The molecule has 0 aliphatic rings. The van der Waals surface area contributed by atoms with Crippen LogP contribution in [0, 0.1) is 0 Å². The predicted octanol–water partition coefficient (Wildman–Crippen LogP) is 6.11. The lowest BCUT2D eigenvalue weighted by molar-refractivity contribution is 0.155. The van der Waals surface area contributed by atoms with Gasteiger partial charge in [0.25, 0.3) is 0 Å². The fourth-order valence-corrected chi connectivity index (χ4v) is 2.16. The number of carbonyl (C=O) groups is 2. The summed E-state index contributed by atoms with van der Waals surface area (Å²) in [5.41, 5.74) is 4.17. The number of ether oxygens (including phenoxy) is 2. The zero-order valence-corrected chi connectivity index (χ0v) is 23.3. The van der Waals surface area contributed by atoms with E-state index in [1.807, 2.05) is 56.3 Å². The molecule has 0 aliphatic heterocycles. The minimum atomic E-state index is -0.474. The lowest BCUT2D eigenvalue weighted by Crippen LogP contribution is -2.24. The number of rotatable bonds is 9. The van der Waals surface area contributed by atoms with Crippen LogP contribution in [0.1, 0.15) is 38.8 Å². The maximum Gasteiger partial charge on any atom is 0.411 e. The SMILES string of the molecule is C=C(C)COC(=O)NCc1ccc(CN=C=O)cc1.C=C(C)COC(=O)Nc1ccccc1.CC.CN=C=O. The summed E-state index contributed by atoms with van der Waals surface area (Å²) in [5, 5.41) is 5.22. The van der Waals surface area contributed by atoms with Gasteiger partial charge in [-0.2, -0.15) is 0 Å². The fraction of sp³-hybridized carbons (Fsp3) is 0.310. The Morgan fingerprint density at radius 2 is 1.31 bits per heavy atom. The number of alkyl carbamates (subject to hydrolysis) is 1. The van der Waals surface area contributed by atoms with Crippen LogP contribution < -0.4 is 10.6 Å². The van der Waals surface area contributed by atoms with E-state index in [0.717, 1.165) is 28.0 Å². The molecule has 2 aromatic rings. The van der Waals surface area contributed by atoms with Crippen molar-refractivity contribution in [1.82, 2.24) is 5.32 Å². The topological polar surface area (TPSA) is 136 Å². The maximum atomic E-state index is 11.3. The highest BCUT2D eigenvalue weighted by molar-refractivity contribution is 5.84. The van der Waals surface area contributed by atoms with Gasteiger partial charge in [-0.15, -0.1) is 0 Å². The molecule has 0 unspecified atom stereocenters. The lowest BCUT2D eigenvalue weighted by atomic mass is 10.1. The number of anilines is 1. The van der Waals surface area contributed by atoms with Crippen molar-refractivity contribution in [2.75, 3.05) is 25.6 Å². The van der Waals surface area contributed by atoms with E-state index in [1.165, 1.54) is 19.2 Å². The number of benzene rings is 2. The Hall–Kier alpha value is -4.78. The zero-order chi connectivity index (χ0) is 29.9. The molecule has 0 saturated heterocycles. The molecule has 39 heavy (non-hydrogen) atoms. The van der Waals surface area contributed by atoms with Gasteiger partial charge in [-0.25, -0.2) is 29.2 Å². The van der Waals surface area contributed by atoms with Crippen LogP contribution in [0.2, 0.25) is 0 Å². The molecule has 0 saturated carbocycles. The molecular weight excluding hydrogens is 500 g/mol. The smallest absolute Gasteiger partial charge is 0.411 e. The van der Waals surface area contributed by atoms with Crippen molar-refractivity contribution in [2.45, 2.75) is 40.8 Å². The van der Waals surface area contributed by atoms with Gasteiger partial charge in [0.15, 0.2) is 0 Å². The standard InChI is InChI=1S/C14H16N2O3.C11H13NO2.C2H3NO.C2H6/c1-11(2)9-19-14(18)16-8-13-5-3-12(4-6-13)7-15-10-17;1-9(2)8-14-11(13)12-10-6-4-3-5-7-10;1-3-2-4;1-2/h3-6H,1,7-9H2,2H3,(H,16,18);3-7H,1,8H2,2H3,(H,12,13);1H3;1-2H3. The van der Waals surface area contributed by atoms with Gasteiger partial charge in [0.1, 0.15) is 13.2 Å². The van der Waals surface area contributed by atoms with Gasteiger partial charge in [-0.3, -0.25) is 5.32 Å². The fourth-order valence-electron chi connectivity index (χ4n) is 2.16. The molecule has 0 aliphatic carbocycles. The van der Waals surface area contributed by atoms with Crippen LogP contribution in [0.5, 0.6) is 0 Å². The molecule has 2 N–H and O–H groups in total. The summed E-state index contributed by atoms with van der Waals surface area (Å²) in [4.78, 5) is 47.7. The molecule has 10 nitrogen and oxygen atoms in total. The van der Waals surface area contributed by atoms with Crippen molar-refractivity contribution in [3.8, 4) is 0 Å². The predicted molar refractivity (Wildman–Crippen MR) is 153 cm³/mol. The van der Waals surface area contributed by atoms with Crippen LogP contribution in [0.25, 0.3) is 0 Å². The molecule has 10 heteroatoms. The molecule has 2 rings (SSSR count). The van der Waals surface area contributed by atoms with E-state index in [0.29, 0.717) is 13.1 Å². The van der Waals surface area contributed by atoms with Crippen LogP contribution in [-0.2, 0) is 32.2 Å². The van der Waals surface area contributed by atoms with Crippen molar-refractivity contribution in [1.29, 1.82) is 0 Å². The average molecular weight is 539 g/mol. The number of hydrogen-bond acceptors (Lipinski definition) is 8. The van der Waals surface area contributed by atoms with Gasteiger partial charge in [0.2, 0.25) is 12.2 Å². The molecule has 0 fully saturated rings. The highest BCUT2D eigenvalue weighted by atomic mass is 16.6. The second kappa shape index (κ2) is 24.9. The first-order valence-electron chi connectivity index (χ1n) is 12.0. The average Bonchev–Trinajstić information content (AvgIpc) is 2.95. The molecule has 0 spiro atoms. The Bertz CT molecular complexity index is 1090. The summed E-state index contributed by atoms with van der Waals surface area (Å²) in [6, 6.07) is 16.6. The highest BCUT2D eigenvalue weighted by Crippen LogP contribution is 2.06. The molecule has 0 aromatic heterocycles. The van der Waals surface area contributed by atoms with Gasteiger partial charge >= 0.3 is 12.2 Å². The van der Waals surface area contributed by atoms with Crippen molar-refractivity contribution >= 4 is 30.0 Å². The third kappa shape index (κ3) is 23.4. The summed E-state index contributed by atoms with van der Waals surface area (Å²) in [6.45, 7) is 16.0. The van der Waals surface area contributed by atoms with Crippen molar-refractivity contribution in [3.63, 3.8) is 0 Å². The van der Waals surface area contributed by atoms with Gasteiger partial charge in [0, 0.05) is 19.3 Å². The van der Waals surface area contributed by atoms with E-state index < -0.39 is 12.2 Å². The second-order valence-corrected chi connectivity index (χ2v) is 7.45. The van der Waals surface area contributed by atoms with Gasteiger partial charge in [-0.1, -0.05) is 69.5 Å². The molecule has 0 bridgehead atoms. The molecule has 210 valence electrons. The number of para-hydroxylation sites is 1. The van der Waals surface area contributed by atoms with Crippen LogP contribution in [0.4, 0.5) is 15.3 Å². The van der Waals surface area contributed by atoms with Crippen molar-refractivity contribution in [2.24, 2.45) is 9.98 Å². The second-order valence-electron chi connectivity index (χ2n) is 7.45. The largest absolute Gasteiger partial charge is 0.445 e. The Kier molecular flexibility index (Phi) is 23.2. The first kappa shape index (κ1) is 36.4. The van der Waals surface area contributed by atoms with Gasteiger partial charge in [0.05, 0.1) is 6.54 Å². The van der Waals surface area contributed by atoms with Crippen molar-refractivity contribution in [3.05, 3.63) is 90.0 Å². The number of amides is 2. The Morgan fingerprint density at radius 3 is 1.77 bits per heavy atom. The Labute approximate surface area is 230 Å². The number of hydrogen-bond donors (Lipinski definition) is 2. The number of aliphatic imine (C=N–C) groups is 2. The molecular formula is C29H38N4O6. The maximum absolute atomic E-state index is 11.3. The van der Waals surface area contributed by atoms with E-state index in [1.54, 1.807) is 26.0 Å². The van der Waals surface area contributed by atoms with Gasteiger partial charge < -0.3 is 14.8 Å². The van der Waals surface area contributed by atoms with E-state index >= 15 is 0 Å². The summed E-state index contributed by atoms with van der Waals surface area (Å²) in [6.07, 6.45) is 1.86. The van der Waals surface area contributed by atoms with E-state index in [2.05, 4.69) is 33.8 Å². The third-order valence-corrected chi connectivity index (χ3v) is 3.80. The molecule has 2 aromatic carbocycles. The first-order valence-corrected chi connectivity index (χ1v) is 12.0.